The van der Waals surface area contributed by atoms with Gasteiger partial charge >= 0.3 is 35.8 Å². The number of phosphoric acid groups is 1. The van der Waals surface area contributed by atoms with Crippen molar-refractivity contribution >= 4 is 43.6 Å². The maximum Gasteiger partial charge on any atom is 0.306 e. The molecule has 398 valence electrons. The van der Waals surface area contributed by atoms with E-state index in [4.69, 9.17) is 37.5 Å². The van der Waals surface area contributed by atoms with E-state index in [1.54, 1.807) is 0 Å². The van der Waals surface area contributed by atoms with E-state index in [1.807, 2.05) is 21.1 Å². The highest BCUT2D eigenvalue weighted by molar-refractivity contribution is 7.45. The second-order valence-corrected chi connectivity index (χ2v) is 20.0. The third-order valence-corrected chi connectivity index (χ3v) is 11.7. The van der Waals surface area contributed by atoms with E-state index in [1.165, 1.54) is 64.2 Å². The molecule has 0 amide bonds. The first kappa shape index (κ1) is 64.9. The Labute approximate surface area is 409 Å². The van der Waals surface area contributed by atoms with Crippen LogP contribution in [0, 0.1) is 0 Å². The van der Waals surface area contributed by atoms with E-state index in [-0.39, 0.29) is 70.3 Å². The van der Waals surface area contributed by atoms with Crippen LogP contribution in [0.1, 0.15) is 206 Å². The Morgan fingerprint density at radius 3 is 1.10 bits per heavy atom. The lowest BCUT2D eigenvalue weighted by atomic mass is 10.1. The zero-order chi connectivity index (χ0) is 50.6. The summed E-state index contributed by atoms with van der Waals surface area (Å²) in [5.74, 6) is -2.70. The van der Waals surface area contributed by atoms with Gasteiger partial charge in [-0.1, -0.05) is 104 Å². The number of nitrogens with zero attached hydrogens (tertiary/aromatic N) is 1. The Bertz CT molecular complexity index is 1370. The van der Waals surface area contributed by atoms with Crippen LogP contribution in [0.15, 0.2) is 0 Å². The standard InChI is InChI=1S/C50H92NO16P/c1-6-8-10-12-14-16-18-24-37-60-45(52)32-28-34-47(54)62-39-26-20-22-30-49(56)64-42-44(43-66-68(58,59)65-41-36-51(3,4)5)67-50(57)31-23-21-27-40-63-48(55)35-29-33-46(53)61-38-25-19-17-15-13-11-9-7-2/h44H,6-43H2,1-5H3/t44-/m1/s1. The number of hydrogen-bond donors (Lipinski definition) is 0. The quantitative estimate of drug-likeness (QED) is 0.0182. The summed E-state index contributed by atoms with van der Waals surface area (Å²) in [6.45, 7) is 4.72. The number of phosphoric ester groups is 1. The smallest absolute Gasteiger partial charge is 0.306 e. The zero-order valence-corrected chi connectivity index (χ0v) is 43.8. The molecule has 0 rings (SSSR count). The highest BCUT2D eigenvalue weighted by Gasteiger charge is 2.22. The second kappa shape index (κ2) is 43.9. The molecule has 0 aliphatic carbocycles. The molecule has 0 aromatic heterocycles. The van der Waals surface area contributed by atoms with E-state index >= 15 is 0 Å². The number of rotatable bonds is 48. The third-order valence-electron chi connectivity index (χ3n) is 10.8. The van der Waals surface area contributed by atoms with Gasteiger partial charge in [-0.3, -0.25) is 33.3 Å². The number of hydrogen-bond acceptors (Lipinski definition) is 16. The Balaban J connectivity index is 4.41. The zero-order valence-electron chi connectivity index (χ0n) is 42.9. The fourth-order valence-corrected chi connectivity index (χ4v) is 7.34. The van der Waals surface area contributed by atoms with Gasteiger partial charge < -0.3 is 46.8 Å². The molecular weight excluding hydrogens is 902 g/mol. The molecule has 0 aliphatic heterocycles. The summed E-state index contributed by atoms with van der Waals surface area (Å²) in [7, 11) is 0.854. The average Bonchev–Trinajstić information content (AvgIpc) is 3.28. The summed E-state index contributed by atoms with van der Waals surface area (Å²) in [4.78, 5) is 85.7. The van der Waals surface area contributed by atoms with Gasteiger partial charge in [0, 0.05) is 38.5 Å². The van der Waals surface area contributed by atoms with E-state index in [9.17, 15) is 38.2 Å². The van der Waals surface area contributed by atoms with Gasteiger partial charge in [-0.25, -0.2) is 0 Å². The van der Waals surface area contributed by atoms with Crippen molar-refractivity contribution in [3.63, 3.8) is 0 Å². The molecular formula is C50H92NO16P. The highest BCUT2D eigenvalue weighted by Crippen LogP contribution is 2.38. The predicted molar refractivity (Wildman–Crippen MR) is 257 cm³/mol. The van der Waals surface area contributed by atoms with Crippen LogP contribution in [0.3, 0.4) is 0 Å². The van der Waals surface area contributed by atoms with Crippen molar-refractivity contribution in [3.05, 3.63) is 0 Å². The summed E-state index contributed by atoms with van der Waals surface area (Å²) in [5.41, 5.74) is 0. The second-order valence-electron chi connectivity index (χ2n) is 18.5. The Morgan fingerprint density at radius 2 is 0.721 bits per heavy atom. The van der Waals surface area contributed by atoms with E-state index in [0.29, 0.717) is 75.6 Å². The van der Waals surface area contributed by atoms with Gasteiger partial charge in [0.25, 0.3) is 7.82 Å². The van der Waals surface area contributed by atoms with Crippen LogP contribution >= 0.6 is 7.82 Å². The topological polar surface area (TPSA) is 216 Å². The molecule has 0 heterocycles. The van der Waals surface area contributed by atoms with Crippen molar-refractivity contribution in [2.24, 2.45) is 0 Å². The molecule has 18 heteroatoms. The summed E-state index contributed by atoms with van der Waals surface area (Å²) >= 11 is 0. The maximum absolute atomic E-state index is 12.7. The molecule has 0 saturated heterocycles. The molecule has 0 aromatic rings. The molecule has 0 radical (unpaired) electrons. The fraction of sp³-hybridized carbons (Fsp3) is 0.880. The van der Waals surface area contributed by atoms with Gasteiger partial charge in [0.2, 0.25) is 0 Å². The SMILES string of the molecule is CCCCCCCCCCOC(=O)CCCC(=O)OCCCCCC(=O)OC[C@H](COP(=O)([O-])OCC[N+](C)(C)C)OC(=O)CCCCCOC(=O)CCCC(=O)OCCCCCCCCCC. The van der Waals surface area contributed by atoms with Gasteiger partial charge in [0.1, 0.15) is 19.8 Å². The number of likely N-dealkylation sites (N-methyl/N-ethyl adjacent to an activating group) is 1. The lowest BCUT2D eigenvalue weighted by Gasteiger charge is -2.28. The van der Waals surface area contributed by atoms with Crippen LogP contribution in [0.5, 0.6) is 0 Å². The van der Waals surface area contributed by atoms with E-state index in [2.05, 4.69) is 13.8 Å². The van der Waals surface area contributed by atoms with Crippen molar-refractivity contribution in [2.45, 2.75) is 213 Å². The number of quaternary nitrogens is 1. The summed E-state index contributed by atoms with van der Waals surface area (Å²) in [6.07, 6.45) is 21.5. The van der Waals surface area contributed by atoms with Crippen LogP contribution in [0.4, 0.5) is 0 Å². The molecule has 0 bridgehead atoms. The summed E-state index contributed by atoms with van der Waals surface area (Å²) in [5, 5.41) is 0. The van der Waals surface area contributed by atoms with Crippen molar-refractivity contribution in [2.75, 3.05) is 73.9 Å². The molecule has 1 unspecified atom stereocenters. The monoisotopic (exact) mass is 994 g/mol. The van der Waals surface area contributed by atoms with Crippen molar-refractivity contribution in [1.29, 1.82) is 0 Å². The molecule has 0 saturated carbocycles. The Morgan fingerprint density at radius 1 is 0.397 bits per heavy atom. The summed E-state index contributed by atoms with van der Waals surface area (Å²) < 4.78 is 54.5. The molecule has 0 N–H and O–H groups in total. The molecule has 0 fully saturated rings. The molecule has 17 nitrogen and oxygen atoms in total. The minimum atomic E-state index is -4.76. The number of esters is 6. The normalized spacial score (nSPS) is 12.7. The van der Waals surface area contributed by atoms with Crippen molar-refractivity contribution in [1.82, 2.24) is 0 Å². The maximum atomic E-state index is 12.7. The van der Waals surface area contributed by atoms with E-state index in [0.717, 1.165) is 38.5 Å². The first-order chi connectivity index (χ1) is 32.6. The molecule has 2 atom stereocenters. The number of carbonyl (C=O) groups is 6. The molecule has 0 aromatic carbocycles. The van der Waals surface area contributed by atoms with Crippen LogP contribution in [0.2, 0.25) is 0 Å². The molecule has 68 heavy (non-hydrogen) atoms. The van der Waals surface area contributed by atoms with Crippen LogP contribution in [-0.4, -0.2) is 120 Å². The van der Waals surface area contributed by atoms with Gasteiger partial charge in [0.05, 0.1) is 54.2 Å². The van der Waals surface area contributed by atoms with E-state index < -0.39 is 51.0 Å². The lowest BCUT2D eigenvalue weighted by molar-refractivity contribution is -0.870. The van der Waals surface area contributed by atoms with Gasteiger partial charge in [-0.05, 0) is 64.2 Å². The van der Waals surface area contributed by atoms with Crippen molar-refractivity contribution in [3.8, 4) is 0 Å². The van der Waals surface area contributed by atoms with Crippen LogP contribution in [-0.2, 0) is 70.8 Å². The number of unbranched alkanes of at least 4 members (excludes halogenated alkanes) is 18. The fourth-order valence-electron chi connectivity index (χ4n) is 6.61. The lowest BCUT2D eigenvalue weighted by Crippen LogP contribution is -2.37. The van der Waals surface area contributed by atoms with Gasteiger partial charge in [-0.2, -0.15) is 0 Å². The minimum absolute atomic E-state index is 0.0228. The molecule has 0 aliphatic rings. The Hall–Kier alpha value is -3.11. The van der Waals surface area contributed by atoms with Crippen LogP contribution in [0.25, 0.3) is 0 Å². The number of ether oxygens (including phenoxy) is 6. The first-order valence-electron chi connectivity index (χ1n) is 25.9. The van der Waals surface area contributed by atoms with Crippen LogP contribution < -0.4 is 4.89 Å². The summed E-state index contributed by atoms with van der Waals surface area (Å²) in [6, 6.07) is 0. The molecule has 0 spiro atoms. The van der Waals surface area contributed by atoms with Crippen molar-refractivity contribution < 1.29 is 80.2 Å². The third kappa shape index (κ3) is 46.6. The largest absolute Gasteiger partial charge is 0.756 e. The first-order valence-corrected chi connectivity index (χ1v) is 27.4. The Kier molecular flexibility index (Phi) is 41.9. The average molecular weight is 994 g/mol. The predicted octanol–water partition coefficient (Wildman–Crippen LogP) is 9.56. The minimum Gasteiger partial charge on any atom is -0.756 e. The van der Waals surface area contributed by atoms with Gasteiger partial charge in [0.15, 0.2) is 6.10 Å². The highest BCUT2D eigenvalue weighted by atomic mass is 31.2. The number of carbonyl (C=O) groups excluding carboxylic acids is 6. The van der Waals surface area contributed by atoms with Gasteiger partial charge in [-0.15, -0.1) is 0 Å².